The number of para-hydroxylation sites is 1. The third-order valence-electron chi connectivity index (χ3n) is 6.98. The number of carbonyl (C=O) groups excluding carboxylic acids is 1. The van der Waals surface area contributed by atoms with Gasteiger partial charge in [0.05, 0.1) is 25.3 Å². The zero-order valence-electron chi connectivity index (χ0n) is 20.2. The van der Waals surface area contributed by atoms with Gasteiger partial charge in [-0.3, -0.25) is 10.1 Å². The van der Waals surface area contributed by atoms with Crippen molar-refractivity contribution in [2.45, 2.75) is 37.2 Å². The summed E-state index contributed by atoms with van der Waals surface area (Å²) >= 11 is 0. The zero-order chi connectivity index (χ0) is 24.5. The molecular formula is C27H33N5O3. The monoisotopic (exact) mass is 475 g/mol. The first-order valence-electron chi connectivity index (χ1n) is 12.2. The van der Waals surface area contributed by atoms with E-state index < -0.39 is 0 Å². The number of aliphatic imine (C=N–C) groups is 1. The Morgan fingerprint density at radius 2 is 1.94 bits per heavy atom. The van der Waals surface area contributed by atoms with E-state index in [0.717, 1.165) is 45.4 Å². The third-order valence-corrected chi connectivity index (χ3v) is 6.98. The number of nitriles is 1. The molecule has 35 heavy (non-hydrogen) atoms. The van der Waals surface area contributed by atoms with Gasteiger partial charge in [0.15, 0.2) is 6.19 Å². The Morgan fingerprint density at radius 1 is 1.20 bits per heavy atom. The molecule has 2 aromatic carbocycles. The van der Waals surface area contributed by atoms with Gasteiger partial charge in [-0.15, -0.1) is 0 Å². The summed E-state index contributed by atoms with van der Waals surface area (Å²) in [6, 6.07) is 17.6. The fraction of sp³-hybridized carbons (Fsp3) is 0.444. The molecule has 4 rings (SSSR count). The molecule has 0 spiro atoms. The molecule has 1 amide bonds. The van der Waals surface area contributed by atoms with Crippen LogP contribution in [0.5, 0.6) is 5.75 Å². The molecule has 0 bridgehead atoms. The number of rotatable bonds is 7. The molecule has 2 aromatic rings. The van der Waals surface area contributed by atoms with Crippen molar-refractivity contribution in [1.82, 2.24) is 15.5 Å². The number of hydrogen-bond acceptors (Lipinski definition) is 5. The maximum absolute atomic E-state index is 13.0. The minimum absolute atomic E-state index is 0.129. The summed E-state index contributed by atoms with van der Waals surface area (Å²) in [5.41, 5.74) is 1.50. The van der Waals surface area contributed by atoms with Crippen LogP contribution in [-0.2, 0) is 10.2 Å². The molecule has 0 saturated carbocycles. The maximum atomic E-state index is 13.0. The van der Waals surface area contributed by atoms with E-state index in [4.69, 9.17) is 9.47 Å². The van der Waals surface area contributed by atoms with Crippen LogP contribution >= 0.6 is 0 Å². The van der Waals surface area contributed by atoms with Crippen molar-refractivity contribution in [2.75, 3.05) is 39.9 Å². The van der Waals surface area contributed by atoms with Crippen molar-refractivity contribution in [3.05, 3.63) is 65.7 Å². The summed E-state index contributed by atoms with van der Waals surface area (Å²) in [5.74, 6) is 1.01. The number of guanidine groups is 1. The average molecular weight is 476 g/mol. The number of likely N-dealkylation sites (tertiary alicyclic amines) is 1. The normalized spacial score (nSPS) is 19.6. The molecule has 0 aliphatic carbocycles. The first-order chi connectivity index (χ1) is 17.1. The molecule has 2 saturated heterocycles. The highest BCUT2D eigenvalue weighted by Gasteiger charge is 2.37. The van der Waals surface area contributed by atoms with Gasteiger partial charge in [0.1, 0.15) is 5.75 Å². The number of carbonyl (C=O) groups is 1. The average Bonchev–Trinajstić information content (AvgIpc) is 3.44. The third kappa shape index (κ3) is 5.92. The van der Waals surface area contributed by atoms with Gasteiger partial charge in [-0.05, 0) is 43.4 Å². The Hall–Kier alpha value is -3.57. The molecule has 2 aliphatic heterocycles. The van der Waals surface area contributed by atoms with Crippen LogP contribution in [-0.4, -0.2) is 62.8 Å². The molecule has 2 aliphatic rings. The van der Waals surface area contributed by atoms with Crippen LogP contribution in [0.1, 0.15) is 41.6 Å². The van der Waals surface area contributed by atoms with Crippen molar-refractivity contribution >= 4 is 11.9 Å². The lowest BCUT2D eigenvalue weighted by Crippen LogP contribution is -2.52. The molecule has 2 fully saturated rings. The summed E-state index contributed by atoms with van der Waals surface area (Å²) in [6.45, 7) is 3.29. The highest BCUT2D eigenvalue weighted by atomic mass is 16.5. The predicted molar refractivity (Wildman–Crippen MR) is 134 cm³/mol. The summed E-state index contributed by atoms with van der Waals surface area (Å²) in [4.78, 5) is 19.8. The van der Waals surface area contributed by atoms with Gasteiger partial charge in [-0.1, -0.05) is 42.5 Å². The highest BCUT2D eigenvalue weighted by Crippen LogP contribution is 2.35. The van der Waals surface area contributed by atoms with E-state index in [2.05, 4.69) is 32.7 Å². The lowest BCUT2D eigenvalue weighted by atomic mass is 9.72. The Morgan fingerprint density at radius 3 is 2.63 bits per heavy atom. The topological polar surface area (TPSA) is 99.0 Å². The van der Waals surface area contributed by atoms with Crippen molar-refractivity contribution < 1.29 is 14.3 Å². The van der Waals surface area contributed by atoms with E-state index in [9.17, 15) is 10.1 Å². The van der Waals surface area contributed by atoms with E-state index in [1.54, 1.807) is 19.2 Å². The van der Waals surface area contributed by atoms with Gasteiger partial charge < -0.3 is 19.7 Å². The fourth-order valence-electron chi connectivity index (χ4n) is 4.93. The molecule has 8 heteroatoms. The number of nitrogens with one attached hydrogen (secondary N) is 2. The van der Waals surface area contributed by atoms with Gasteiger partial charge in [-0.2, -0.15) is 5.26 Å². The smallest absolute Gasteiger partial charge is 0.255 e. The molecular weight excluding hydrogens is 442 g/mol. The van der Waals surface area contributed by atoms with Gasteiger partial charge >= 0.3 is 0 Å². The van der Waals surface area contributed by atoms with Crippen LogP contribution in [0.2, 0.25) is 0 Å². The van der Waals surface area contributed by atoms with Crippen LogP contribution in [0, 0.1) is 11.5 Å². The molecule has 2 N–H and O–H groups in total. The second-order valence-corrected chi connectivity index (χ2v) is 9.05. The number of benzene rings is 2. The molecule has 2 heterocycles. The second-order valence-electron chi connectivity index (χ2n) is 9.05. The van der Waals surface area contributed by atoms with Crippen LogP contribution in [0.3, 0.4) is 0 Å². The molecule has 0 radical (unpaired) electrons. The lowest BCUT2D eigenvalue weighted by molar-refractivity contribution is 0.0929. The summed E-state index contributed by atoms with van der Waals surface area (Å²) in [5, 5.41) is 15.2. The van der Waals surface area contributed by atoms with Crippen molar-refractivity contribution in [2.24, 2.45) is 4.99 Å². The van der Waals surface area contributed by atoms with E-state index >= 15 is 0 Å². The van der Waals surface area contributed by atoms with Crippen LogP contribution in [0.25, 0.3) is 0 Å². The van der Waals surface area contributed by atoms with E-state index in [0.29, 0.717) is 30.4 Å². The molecule has 0 aromatic heterocycles. The van der Waals surface area contributed by atoms with Crippen molar-refractivity contribution in [1.29, 1.82) is 5.26 Å². The van der Waals surface area contributed by atoms with E-state index in [1.165, 1.54) is 5.56 Å². The second kappa shape index (κ2) is 11.7. The first-order valence-corrected chi connectivity index (χ1v) is 12.2. The quantitative estimate of drug-likeness (QED) is 0.276. The fourth-order valence-corrected chi connectivity index (χ4v) is 4.93. The summed E-state index contributed by atoms with van der Waals surface area (Å²) < 4.78 is 11.1. The van der Waals surface area contributed by atoms with Gasteiger partial charge in [0, 0.05) is 31.7 Å². The number of amides is 1. The minimum Gasteiger partial charge on any atom is -0.496 e. The highest BCUT2D eigenvalue weighted by molar-refractivity contribution is 5.97. The molecule has 0 unspecified atom stereocenters. The van der Waals surface area contributed by atoms with Gasteiger partial charge in [0.25, 0.3) is 5.91 Å². The van der Waals surface area contributed by atoms with Crippen molar-refractivity contribution in [3.63, 3.8) is 0 Å². The Bertz CT molecular complexity index is 1050. The number of methoxy groups -OCH3 is 1. The van der Waals surface area contributed by atoms with E-state index in [-0.39, 0.29) is 17.4 Å². The Labute approximate surface area is 206 Å². The van der Waals surface area contributed by atoms with Crippen molar-refractivity contribution in [3.8, 4) is 11.9 Å². The van der Waals surface area contributed by atoms with Gasteiger partial charge in [-0.25, -0.2) is 4.99 Å². The molecule has 184 valence electrons. The molecule has 8 nitrogen and oxygen atoms in total. The van der Waals surface area contributed by atoms with Crippen LogP contribution in [0.4, 0.5) is 0 Å². The summed E-state index contributed by atoms with van der Waals surface area (Å²) in [7, 11) is 1.57. The number of nitrogens with zero attached hydrogens (tertiary/aromatic N) is 3. The first kappa shape index (κ1) is 24.6. The zero-order valence-corrected chi connectivity index (χ0v) is 20.2. The van der Waals surface area contributed by atoms with Crippen LogP contribution < -0.4 is 15.4 Å². The number of piperidine rings is 1. The Balaban J connectivity index is 1.47. The Kier molecular flexibility index (Phi) is 8.22. The lowest BCUT2D eigenvalue weighted by Gasteiger charge is -2.43. The molecule has 1 atom stereocenters. The van der Waals surface area contributed by atoms with Gasteiger partial charge in [0.2, 0.25) is 5.96 Å². The van der Waals surface area contributed by atoms with Crippen LogP contribution in [0.15, 0.2) is 59.6 Å². The SMILES string of the molecule is COc1ccccc1C(=O)NCC1(c2ccccc2)CCN(C(=NC[C@H]2CCCO2)NC#N)CC1. The maximum Gasteiger partial charge on any atom is 0.255 e. The standard InChI is InChI=1S/C27H33N5O3/c1-34-24-12-6-5-11-23(24)25(33)30-19-27(21-8-3-2-4-9-21)13-15-32(16-14-27)26(31-20-28)29-18-22-10-7-17-35-22/h2-6,8-9,11-12,22H,7,10,13-19H2,1H3,(H,29,31)(H,30,33)/t22-/m1/s1. The largest absolute Gasteiger partial charge is 0.496 e. The number of ether oxygens (including phenoxy) is 2. The minimum atomic E-state index is -0.220. The predicted octanol–water partition coefficient (Wildman–Crippen LogP) is 3.06. The summed E-state index contributed by atoms with van der Waals surface area (Å²) in [6.07, 6.45) is 5.85. The number of hydrogen-bond donors (Lipinski definition) is 2. The van der Waals surface area contributed by atoms with E-state index in [1.807, 2.05) is 36.5 Å².